The fourth-order valence-electron chi connectivity index (χ4n) is 3.19. The molecule has 1 aliphatic heterocycles. The van der Waals surface area contributed by atoms with Crippen LogP contribution in [0.1, 0.15) is 39.5 Å². The van der Waals surface area contributed by atoms with Gasteiger partial charge >= 0.3 is 0 Å². The van der Waals surface area contributed by atoms with E-state index in [0.29, 0.717) is 24.3 Å². The lowest BCUT2D eigenvalue weighted by molar-refractivity contribution is -0.140. The lowest BCUT2D eigenvalue weighted by Gasteiger charge is -2.31. The van der Waals surface area contributed by atoms with Gasteiger partial charge in [0, 0.05) is 19.6 Å². The monoisotopic (exact) mass is 260 g/mol. The summed E-state index contributed by atoms with van der Waals surface area (Å²) in [7, 11) is 0. The number of carbonyl (C=O) groups is 1. The first kappa shape index (κ1) is 14.8. The Balaban J connectivity index is 0.00000144. The summed E-state index contributed by atoms with van der Waals surface area (Å²) in [4.78, 5) is 14.6. The van der Waals surface area contributed by atoms with Gasteiger partial charge in [-0.3, -0.25) is 4.79 Å². The Morgan fingerprint density at radius 2 is 1.71 bits per heavy atom. The molecule has 1 saturated heterocycles. The van der Waals surface area contributed by atoms with Crippen LogP contribution in [-0.4, -0.2) is 30.4 Å². The maximum absolute atomic E-state index is 12.5. The fourth-order valence-corrected chi connectivity index (χ4v) is 3.19. The minimum Gasteiger partial charge on any atom is -0.342 e. The molecule has 0 aromatic heterocycles. The summed E-state index contributed by atoms with van der Waals surface area (Å²) in [5.41, 5.74) is 5.65. The first-order chi connectivity index (χ1) is 7.59. The lowest BCUT2D eigenvalue weighted by Crippen LogP contribution is -2.45. The molecule has 2 unspecified atom stereocenters. The van der Waals surface area contributed by atoms with Crippen molar-refractivity contribution in [1.29, 1.82) is 0 Å². The van der Waals surface area contributed by atoms with Gasteiger partial charge in [0.25, 0.3) is 0 Å². The first-order valence-electron chi connectivity index (χ1n) is 6.58. The summed E-state index contributed by atoms with van der Waals surface area (Å²) >= 11 is 0. The molecule has 0 spiro atoms. The highest BCUT2D eigenvalue weighted by Crippen LogP contribution is 2.40. The van der Waals surface area contributed by atoms with Gasteiger partial charge in [-0.2, -0.15) is 0 Å². The molecule has 1 heterocycles. The van der Waals surface area contributed by atoms with E-state index >= 15 is 0 Å². The number of rotatable bonds is 2. The average Bonchev–Trinajstić information content (AvgIpc) is 2.87. The topological polar surface area (TPSA) is 46.3 Å². The molecule has 1 aliphatic carbocycles. The van der Waals surface area contributed by atoms with Crippen molar-refractivity contribution in [2.75, 3.05) is 19.6 Å². The van der Waals surface area contributed by atoms with Crippen LogP contribution < -0.4 is 5.73 Å². The highest BCUT2D eigenvalue weighted by atomic mass is 35.5. The van der Waals surface area contributed by atoms with E-state index in [4.69, 9.17) is 5.73 Å². The summed E-state index contributed by atoms with van der Waals surface area (Å²) in [6, 6.07) is 0. The molecule has 3 nitrogen and oxygen atoms in total. The Labute approximate surface area is 111 Å². The van der Waals surface area contributed by atoms with Crippen LogP contribution in [0.4, 0.5) is 0 Å². The summed E-state index contributed by atoms with van der Waals surface area (Å²) in [6.45, 7) is 6.87. The normalized spacial score (nSPS) is 31.4. The molecule has 4 heteroatoms. The minimum atomic E-state index is -0.205. The zero-order valence-electron chi connectivity index (χ0n) is 10.9. The van der Waals surface area contributed by atoms with Gasteiger partial charge in [-0.1, -0.05) is 26.7 Å². The van der Waals surface area contributed by atoms with Gasteiger partial charge in [0.05, 0.1) is 5.41 Å². The number of hydrogen-bond donors (Lipinski definition) is 1. The average molecular weight is 261 g/mol. The van der Waals surface area contributed by atoms with Gasteiger partial charge in [0.15, 0.2) is 0 Å². The number of halogens is 1. The number of nitrogens with two attached hydrogens (primary N) is 1. The van der Waals surface area contributed by atoms with Crippen LogP contribution >= 0.6 is 12.4 Å². The van der Waals surface area contributed by atoms with Crippen molar-refractivity contribution < 1.29 is 4.79 Å². The van der Waals surface area contributed by atoms with Crippen LogP contribution in [0.3, 0.4) is 0 Å². The Morgan fingerprint density at radius 3 is 2.12 bits per heavy atom. The second-order valence-corrected chi connectivity index (χ2v) is 5.86. The van der Waals surface area contributed by atoms with Crippen LogP contribution in [0.25, 0.3) is 0 Å². The van der Waals surface area contributed by atoms with E-state index in [2.05, 4.69) is 18.7 Å². The third kappa shape index (κ3) is 2.60. The van der Waals surface area contributed by atoms with Crippen LogP contribution in [0, 0.1) is 17.3 Å². The van der Waals surface area contributed by atoms with Crippen molar-refractivity contribution in [1.82, 2.24) is 4.90 Å². The molecule has 0 aromatic carbocycles. The molecule has 2 aliphatic rings. The molecule has 2 rings (SSSR count). The van der Waals surface area contributed by atoms with Crippen molar-refractivity contribution >= 4 is 18.3 Å². The predicted octanol–water partition coefficient (Wildman–Crippen LogP) is 2.04. The van der Waals surface area contributed by atoms with Gasteiger partial charge in [-0.25, -0.2) is 0 Å². The quantitative estimate of drug-likeness (QED) is 0.826. The van der Waals surface area contributed by atoms with Crippen molar-refractivity contribution in [2.24, 2.45) is 23.0 Å². The second kappa shape index (κ2) is 5.57. The number of likely N-dealkylation sites (tertiary alicyclic amines) is 1. The molecule has 100 valence electrons. The minimum absolute atomic E-state index is 0. The van der Waals surface area contributed by atoms with E-state index in [9.17, 15) is 4.79 Å². The molecule has 0 aromatic rings. The summed E-state index contributed by atoms with van der Waals surface area (Å²) < 4.78 is 0. The highest BCUT2D eigenvalue weighted by molar-refractivity contribution is 5.85. The van der Waals surface area contributed by atoms with Crippen LogP contribution in [0.15, 0.2) is 0 Å². The predicted molar refractivity (Wildman–Crippen MR) is 72.1 cm³/mol. The largest absolute Gasteiger partial charge is 0.342 e. The smallest absolute Gasteiger partial charge is 0.230 e. The lowest BCUT2D eigenvalue weighted by atomic mass is 9.84. The number of carbonyl (C=O) groups excluding carboxylic acids is 1. The van der Waals surface area contributed by atoms with E-state index < -0.39 is 0 Å². The Kier molecular flexibility index (Phi) is 4.85. The molecule has 1 amide bonds. The summed E-state index contributed by atoms with van der Waals surface area (Å²) in [6.07, 6.45) is 4.34. The fraction of sp³-hybridized carbons (Fsp3) is 0.923. The summed E-state index contributed by atoms with van der Waals surface area (Å²) in [5, 5.41) is 0. The zero-order valence-corrected chi connectivity index (χ0v) is 11.8. The Morgan fingerprint density at radius 1 is 1.24 bits per heavy atom. The van der Waals surface area contributed by atoms with Crippen molar-refractivity contribution in [3.05, 3.63) is 0 Å². The van der Waals surface area contributed by atoms with Crippen molar-refractivity contribution in [2.45, 2.75) is 39.5 Å². The molecule has 2 fully saturated rings. The maximum atomic E-state index is 12.5. The van der Waals surface area contributed by atoms with E-state index in [-0.39, 0.29) is 17.8 Å². The Hall–Kier alpha value is -0.280. The van der Waals surface area contributed by atoms with E-state index in [0.717, 1.165) is 25.9 Å². The molecule has 2 N–H and O–H groups in total. The number of hydrogen-bond acceptors (Lipinski definition) is 2. The molecule has 1 saturated carbocycles. The third-order valence-electron chi connectivity index (χ3n) is 4.68. The van der Waals surface area contributed by atoms with Gasteiger partial charge < -0.3 is 10.6 Å². The molecule has 17 heavy (non-hydrogen) atoms. The van der Waals surface area contributed by atoms with Crippen LogP contribution in [0.5, 0.6) is 0 Å². The van der Waals surface area contributed by atoms with Crippen molar-refractivity contribution in [3.8, 4) is 0 Å². The van der Waals surface area contributed by atoms with Gasteiger partial charge in [-0.15, -0.1) is 12.4 Å². The number of nitrogens with zero attached hydrogens (tertiary/aromatic N) is 1. The van der Waals surface area contributed by atoms with Gasteiger partial charge in [0.2, 0.25) is 5.91 Å². The zero-order chi connectivity index (χ0) is 11.8. The molecule has 0 radical (unpaired) electrons. The molecular weight excluding hydrogens is 236 g/mol. The molecular formula is C13H25ClN2O. The van der Waals surface area contributed by atoms with E-state index in [1.54, 1.807) is 0 Å². The summed E-state index contributed by atoms with van der Waals surface area (Å²) in [5.74, 6) is 1.61. The molecule has 2 atom stereocenters. The van der Waals surface area contributed by atoms with Crippen molar-refractivity contribution in [3.63, 3.8) is 0 Å². The van der Waals surface area contributed by atoms with Crippen LogP contribution in [0.2, 0.25) is 0 Å². The standard InChI is InChI=1S/C13H24N2O.ClH/c1-10-7-15(8-11(10)2)12(16)13(9-14)5-3-4-6-13;/h10-11H,3-9,14H2,1-2H3;1H. The third-order valence-corrected chi connectivity index (χ3v) is 4.68. The Bertz CT molecular complexity index is 267. The number of amides is 1. The highest BCUT2D eigenvalue weighted by Gasteiger charge is 2.44. The first-order valence-corrected chi connectivity index (χ1v) is 6.58. The maximum Gasteiger partial charge on any atom is 0.230 e. The van der Waals surface area contributed by atoms with E-state index in [1.165, 1.54) is 12.8 Å². The second-order valence-electron chi connectivity index (χ2n) is 5.86. The van der Waals surface area contributed by atoms with Crippen LogP contribution in [-0.2, 0) is 4.79 Å². The SMILES string of the molecule is CC1CN(C(=O)C2(CN)CCCC2)CC1C.Cl. The molecule has 0 bridgehead atoms. The van der Waals surface area contributed by atoms with E-state index in [1.807, 2.05) is 0 Å². The van der Waals surface area contributed by atoms with Gasteiger partial charge in [-0.05, 0) is 24.7 Å². The van der Waals surface area contributed by atoms with Gasteiger partial charge in [0.1, 0.15) is 0 Å².